The Bertz CT molecular complexity index is 653. The maximum Gasteiger partial charge on any atom is 0.337 e. The second kappa shape index (κ2) is 8.69. The van der Waals surface area contributed by atoms with Gasteiger partial charge in [-0.05, 0) is 30.3 Å². The number of rotatable bonds is 8. The topological polar surface area (TPSA) is 87.9 Å². The van der Waals surface area contributed by atoms with E-state index in [1.165, 1.54) is 7.11 Å². The minimum Gasteiger partial charge on any atom is -0.490 e. The van der Waals surface area contributed by atoms with Gasteiger partial charge in [-0.3, -0.25) is 4.79 Å². The molecule has 2 N–H and O–H groups in total. The monoisotopic (exact) mass is 329 g/mol. The highest BCUT2D eigenvalue weighted by molar-refractivity contribution is 5.97. The van der Waals surface area contributed by atoms with Crippen LogP contribution in [0.2, 0.25) is 0 Å². The third-order valence-corrected chi connectivity index (χ3v) is 3.22. The molecule has 0 spiro atoms. The molecule has 126 valence electrons. The SMILES string of the molecule is COC(=O)c1cccc(OCCOc2cccc(C(=O)CN)c2)c1. The molecule has 0 unspecified atom stereocenters. The summed E-state index contributed by atoms with van der Waals surface area (Å²) in [6.07, 6.45) is 0. The zero-order valence-electron chi connectivity index (χ0n) is 13.4. The van der Waals surface area contributed by atoms with E-state index in [4.69, 9.17) is 15.2 Å². The van der Waals surface area contributed by atoms with Crippen LogP contribution in [0.4, 0.5) is 0 Å². The van der Waals surface area contributed by atoms with Gasteiger partial charge in [0, 0.05) is 5.56 Å². The van der Waals surface area contributed by atoms with E-state index in [1.54, 1.807) is 48.5 Å². The summed E-state index contributed by atoms with van der Waals surface area (Å²) < 4.78 is 15.8. The van der Waals surface area contributed by atoms with Crippen LogP contribution in [0.3, 0.4) is 0 Å². The Morgan fingerprint density at radius 1 is 0.917 bits per heavy atom. The van der Waals surface area contributed by atoms with Crippen molar-refractivity contribution in [2.45, 2.75) is 0 Å². The number of esters is 1. The Morgan fingerprint density at radius 3 is 2.00 bits per heavy atom. The number of Topliss-reactive ketones (excluding diaryl/α,β-unsaturated/α-hetero) is 1. The number of carbonyl (C=O) groups is 2. The summed E-state index contributed by atoms with van der Waals surface area (Å²) in [4.78, 5) is 23.0. The Morgan fingerprint density at radius 2 is 1.46 bits per heavy atom. The number of hydrogen-bond donors (Lipinski definition) is 1. The van der Waals surface area contributed by atoms with E-state index in [2.05, 4.69) is 4.74 Å². The molecule has 0 saturated carbocycles. The van der Waals surface area contributed by atoms with Crippen molar-refractivity contribution in [3.63, 3.8) is 0 Å². The lowest BCUT2D eigenvalue weighted by atomic mass is 10.1. The predicted molar refractivity (Wildman–Crippen MR) is 88.6 cm³/mol. The van der Waals surface area contributed by atoms with E-state index in [-0.39, 0.29) is 12.3 Å². The maximum absolute atomic E-state index is 11.5. The quantitative estimate of drug-likeness (QED) is 0.453. The molecule has 6 nitrogen and oxygen atoms in total. The van der Waals surface area contributed by atoms with Gasteiger partial charge < -0.3 is 19.9 Å². The van der Waals surface area contributed by atoms with Crippen molar-refractivity contribution >= 4 is 11.8 Å². The zero-order valence-corrected chi connectivity index (χ0v) is 13.4. The number of ketones is 1. The van der Waals surface area contributed by atoms with E-state index in [9.17, 15) is 9.59 Å². The van der Waals surface area contributed by atoms with Crippen LogP contribution < -0.4 is 15.2 Å². The van der Waals surface area contributed by atoms with Crippen LogP contribution in [0.25, 0.3) is 0 Å². The highest BCUT2D eigenvalue weighted by Crippen LogP contribution is 2.15. The smallest absolute Gasteiger partial charge is 0.337 e. The molecule has 24 heavy (non-hydrogen) atoms. The maximum atomic E-state index is 11.5. The lowest BCUT2D eigenvalue weighted by molar-refractivity contribution is 0.0600. The lowest BCUT2D eigenvalue weighted by Crippen LogP contribution is -2.14. The van der Waals surface area contributed by atoms with Crippen LogP contribution in [0.15, 0.2) is 48.5 Å². The van der Waals surface area contributed by atoms with Gasteiger partial charge in [0.1, 0.15) is 24.7 Å². The first kappa shape index (κ1) is 17.5. The molecule has 0 heterocycles. The molecule has 0 aromatic heterocycles. The van der Waals surface area contributed by atoms with E-state index >= 15 is 0 Å². The van der Waals surface area contributed by atoms with Crippen LogP contribution in [0.5, 0.6) is 11.5 Å². The number of methoxy groups -OCH3 is 1. The van der Waals surface area contributed by atoms with Crippen LogP contribution >= 0.6 is 0 Å². The van der Waals surface area contributed by atoms with Crippen molar-refractivity contribution in [2.75, 3.05) is 26.9 Å². The van der Waals surface area contributed by atoms with Crippen molar-refractivity contribution in [3.05, 3.63) is 59.7 Å². The summed E-state index contributed by atoms with van der Waals surface area (Å²) in [6.45, 7) is 0.547. The summed E-state index contributed by atoms with van der Waals surface area (Å²) in [5.74, 6) is 0.559. The van der Waals surface area contributed by atoms with Gasteiger partial charge in [-0.2, -0.15) is 0 Å². The largest absolute Gasteiger partial charge is 0.490 e. The first-order valence-electron chi connectivity index (χ1n) is 7.41. The average Bonchev–Trinajstić information content (AvgIpc) is 2.64. The minimum atomic E-state index is -0.418. The first-order valence-corrected chi connectivity index (χ1v) is 7.41. The molecule has 0 bridgehead atoms. The number of carbonyl (C=O) groups excluding carboxylic acids is 2. The van der Waals surface area contributed by atoms with Gasteiger partial charge in [-0.15, -0.1) is 0 Å². The number of hydrogen-bond acceptors (Lipinski definition) is 6. The molecule has 2 rings (SSSR count). The molecule has 0 aliphatic rings. The molecule has 0 atom stereocenters. The second-order valence-electron chi connectivity index (χ2n) is 4.87. The Labute approximate surface area is 140 Å². The Hall–Kier alpha value is -2.86. The molecule has 0 aliphatic heterocycles. The predicted octanol–water partition coefficient (Wildman–Crippen LogP) is 2.07. The van der Waals surface area contributed by atoms with Crippen LogP contribution in [-0.2, 0) is 4.74 Å². The Balaban J connectivity index is 1.85. The fraction of sp³-hybridized carbons (Fsp3) is 0.222. The molecule has 0 radical (unpaired) electrons. The van der Waals surface area contributed by atoms with E-state index in [0.717, 1.165) is 0 Å². The standard InChI is InChI=1S/C18H19NO5/c1-22-18(21)14-5-3-7-16(11-14)24-9-8-23-15-6-2-4-13(10-15)17(20)12-19/h2-7,10-11H,8-9,12,19H2,1H3. The molecule has 2 aromatic carbocycles. The second-order valence-corrected chi connectivity index (χ2v) is 4.87. The van der Waals surface area contributed by atoms with Gasteiger partial charge in [-0.1, -0.05) is 18.2 Å². The number of ether oxygens (including phenoxy) is 3. The lowest BCUT2D eigenvalue weighted by Gasteiger charge is -2.10. The summed E-state index contributed by atoms with van der Waals surface area (Å²) in [6, 6.07) is 13.5. The van der Waals surface area contributed by atoms with Crippen molar-refractivity contribution in [1.82, 2.24) is 0 Å². The van der Waals surface area contributed by atoms with Crippen molar-refractivity contribution in [2.24, 2.45) is 5.73 Å². The summed E-state index contributed by atoms with van der Waals surface area (Å²) in [5.41, 5.74) is 6.28. The van der Waals surface area contributed by atoms with Crippen LogP contribution in [-0.4, -0.2) is 38.6 Å². The Kier molecular flexibility index (Phi) is 6.33. The minimum absolute atomic E-state index is 0.0386. The van der Waals surface area contributed by atoms with Gasteiger partial charge in [0.15, 0.2) is 5.78 Å². The van der Waals surface area contributed by atoms with Crippen molar-refractivity contribution < 1.29 is 23.8 Å². The molecular weight excluding hydrogens is 310 g/mol. The van der Waals surface area contributed by atoms with Gasteiger partial charge in [0.2, 0.25) is 0 Å². The van der Waals surface area contributed by atoms with Crippen molar-refractivity contribution in [1.29, 1.82) is 0 Å². The highest BCUT2D eigenvalue weighted by atomic mass is 16.5. The van der Waals surface area contributed by atoms with E-state index < -0.39 is 5.97 Å². The summed E-state index contributed by atoms with van der Waals surface area (Å²) in [5, 5.41) is 0. The van der Waals surface area contributed by atoms with Crippen molar-refractivity contribution in [3.8, 4) is 11.5 Å². The molecule has 0 amide bonds. The number of benzene rings is 2. The fourth-order valence-electron chi connectivity index (χ4n) is 2.03. The molecule has 0 fully saturated rings. The summed E-state index contributed by atoms with van der Waals surface area (Å²) in [7, 11) is 1.33. The molecule has 0 aliphatic carbocycles. The first-order chi connectivity index (χ1) is 11.6. The van der Waals surface area contributed by atoms with Crippen LogP contribution in [0.1, 0.15) is 20.7 Å². The number of nitrogens with two attached hydrogens (primary N) is 1. The van der Waals surface area contributed by atoms with Gasteiger partial charge in [0.05, 0.1) is 19.2 Å². The van der Waals surface area contributed by atoms with Gasteiger partial charge in [0.25, 0.3) is 0 Å². The molecule has 0 saturated heterocycles. The third-order valence-electron chi connectivity index (χ3n) is 3.22. The van der Waals surface area contributed by atoms with Gasteiger partial charge in [-0.25, -0.2) is 4.79 Å². The summed E-state index contributed by atoms with van der Waals surface area (Å²) >= 11 is 0. The highest BCUT2D eigenvalue weighted by Gasteiger charge is 2.07. The van der Waals surface area contributed by atoms with Crippen LogP contribution in [0, 0.1) is 0 Å². The fourth-order valence-corrected chi connectivity index (χ4v) is 2.03. The molecule has 2 aromatic rings. The van der Waals surface area contributed by atoms with E-state index in [0.29, 0.717) is 35.8 Å². The third kappa shape index (κ3) is 4.82. The zero-order chi connectivity index (χ0) is 17.4. The normalized spacial score (nSPS) is 10.1. The molecule has 6 heteroatoms. The molecular formula is C18H19NO5. The average molecular weight is 329 g/mol. The van der Waals surface area contributed by atoms with Gasteiger partial charge >= 0.3 is 5.97 Å². The van der Waals surface area contributed by atoms with E-state index in [1.807, 2.05) is 0 Å².